The second-order valence-electron chi connectivity index (χ2n) is 6.21. The highest BCUT2D eigenvalue weighted by Crippen LogP contribution is 2.26. The van der Waals surface area contributed by atoms with Gasteiger partial charge >= 0.3 is 0 Å². The monoisotopic (exact) mass is 256 g/mol. The zero-order valence-corrected chi connectivity index (χ0v) is 12.9. The van der Waals surface area contributed by atoms with Gasteiger partial charge in [0, 0.05) is 0 Å². The van der Waals surface area contributed by atoms with Gasteiger partial charge < -0.3 is 0 Å². The van der Waals surface area contributed by atoms with Crippen LogP contribution in [0.5, 0.6) is 0 Å². The molecule has 0 amide bonds. The maximum atomic E-state index is 4.88. The Hall–Kier alpha value is -1.44. The Morgan fingerprint density at radius 2 is 1.21 bits per heavy atom. The molecule has 0 N–H and O–H groups in total. The van der Waals surface area contributed by atoms with Gasteiger partial charge in [-0.3, -0.25) is 0 Å². The van der Waals surface area contributed by atoms with Crippen molar-refractivity contribution < 1.29 is 0 Å². The highest BCUT2D eigenvalue weighted by Gasteiger charge is 2.15. The van der Waals surface area contributed by atoms with Gasteiger partial charge in [-0.2, -0.15) is 0 Å². The third-order valence-electron chi connectivity index (χ3n) is 3.50. The molecule has 0 fully saturated rings. The molecule has 2 aromatic rings. The number of fused-ring (bicyclic) bond motifs is 1. The van der Waals surface area contributed by atoms with Crippen LogP contribution in [0.2, 0.25) is 0 Å². The Morgan fingerprint density at radius 3 is 1.68 bits per heavy atom. The first-order valence-corrected chi connectivity index (χ1v) is 7.21. The first-order chi connectivity index (χ1) is 8.90. The smallest absolute Gasteiger partial charge is 0.0893 e. The number of aromatic nitrogens is 2. The maximum Gasteiger partial charge on any atom is 0.0893 e. The minimum atomic E-state index is 0.414. The fourth-order valence-corrected chi connectivity index (χ4v) is 2.31. The van der Waals surface area contributed by atoms with E-state index < -0.39 is 0 Å². The molecule has 0 aliphatic rings. The topological polar surface area (TPSA) is 25.8 Å². The molecule has 19 heavy (non-hydrogen) atoms. The van der Waals surface area contributed by atoms with Gasteiger partial charge in [0.2, 0.25) is 0 Å². The van der Waals surface area contributed by atoms with E-state index in [9.17, 15) is 0 Å². The van der Waals surface area contributed by atoms with E-state index in [1.165, 1.54) is 5.56 Å². The molecule has 0 radical (unpaired) electrons. The van der Waals surface area contributed by atoms with Gasteiger partial charge in [-0.05, 0) is 35.4 Å². The van der Waals surface area contributed by atoms with Crippen LogP contribution >= 0.6 is 0 Å². The Kier molecular flexibility index (Phi) is 3.88. The summed E-state index contributed by atoms with van der Waals surface area (Å²) in [6.07, 6.45) is 0. The van der Waals surface area contributed by atoms with Gasteiger partial charge in [-0.25, -0.2) is 9.97 Å². The number of hydrogen-bond acceptors (Lipinski definition) is 2. The molecule has 0 aliphatic carbocycles. The third kappa shape index (κ3) is 2.78. The molecule has 0 saturated carbocycles. The van der Waals surface area contributed by atoms with E-state index in [0.717, 1.165) is 22.4 Å². The summed E-state index contributed by atoms with van der Waals surface area (Å²) in [6, 6.07) is 6.46. The molecule has 2 nitrogen and oxygen atoms in total. The summed E-state index contributed by atoms with van der Waals surface area (Å²) >= 11 is 0. The van der Waals surface area contributed by atoms with Crippen LogP contribution < -0.4 is 0 Å². The van der Waals surface area contributed by atoms with Crippen LogP contribution in [0.25, 0.3) is 11.0 Å². The minimum absolute atomic E-state index is 0.414. The predicted octanol–water partition coefficient (Wildman–Crippen LogP) is 5.00. The SMILES string of the molecule is CC(C)c1ccc2nc(C(C)C)c(C(C)C)nc2c1. The average Bonchev–Trinajstić information content (AvgIpc) is 2.36. The van der Waals surface area contributed by atoms with Crippen molar-refractivity contribution in [2.75, 3.05) is 0 Å². The van der Waals surface area contributed by atoms with Crippen LogP contribution in [0.4, 0.5) is 0 Å². The Bertz CT molecular complexity index is 583. The van der Waals surface area contributed by atoms with Gasteiger partial charge in [-0.1, -0.05) is 47.6 Å². The molecule has 0 bridgehead atoms. The molecular formula is C17H24N2. The fraction of sp³-hybridized carbons (Fsp3) is 0.529. The lowest BCUT2D eigenvalue weighted by molar-refractivity contribution is 0.737. The van der Waals surface area contributed by atoms with Gasteiger partial charge in [0.05, 0.1) is 22.4 Å². The van der Waals surface area contributed by atoms with Crippen LogP contribution in [0, 0.1) is 0 Å². The molecule has 1 aromatic heterocycles. The van der Waals surface area contributed by atoms with Crippen LogP contribution in [0.15, 0.2) is 18.2 Å². The Balaban J connectivity index is 2.67. The molecule has 1 heterocycles. The molecule has 102 valence electrons. The second kappa shape index (κ2) is 5.28. The number of rotatable bonds is 3. The lowest BCUT2D eigenvalue weighted by Gasteiger charge is -2.15. The van der Waals surface area contributed by atoms with Gasteiger partial charge in [0.25, 0.3) is 0 Å². The van der Waals surface area contributed by atoms with Crippen molar-refractivity contribution in [3.8, 4) is 0 Å². The van der Waals surface area contributed by atoms with Crippen molar-refractivity contribution in [1.82, 2.24) is 9.97 Å². The highest BCUT2D eigenvalue weighted by molar-refractivity contribution is 5.75. The molecule has 1 aromatic carbocycles. The fourth-order valence-electron chi connectivity index (χ4n) is 2.31. The highest BCUT2D eigenvalue weighted by atomic mass is 14.8. The molecule has 2 heteroatoms. The van der Waals surface area contributed by atoms with Crippen molar-refractivity contribution in [1.29, 1.82) is 0 Å². The van der Waals surface area contributed by atoms with Gasteiger partial charge in [0.1, 0.15) is 0 Å². The van der Waals surface area contributed by atoms with Crippen molar-refractivity contribution in [3.63, 3.8) is 0 Å². The third-order valence-corrected chi connectivity index (χ3v) is 3.50. The zero-order valence-electron chi connectivity index (χ0n) is 12.9. The number of benzene rings is 1. The quantitative estimate of drug-likeness (QED) is 0.772. The summed E-state index contributed by atoms with van der Waals surface area (Å²) in [5.41, 5.74) is 5.65. The maximum absolute atomic E-state index is 4.88. The molecule has 0 aliphatic heterocycles. The van der Waals surface area contributed by atoms with E-state index in [0.29, 0.717) is 17.8 Å². The summed E-state index contributed by atoms with van der Waals surface area (Å²) in [7, 11) is 0. The normalized spacial score (nSPS) is 12.1. The molecular weight excluding hydrogens is 232 g/mol. The molecule has 0 atom stereocenters. The Labute approximate surface area is 116 Å². The van der Waals surface area contributed by atoms with Crippen LogP contribution in [0.3, 0.4) is 0 Å². The summed E-state index contributed by atoms with van der Waals surface area (Å²) in [6.45, 7) is 13.2. The summed E-state index contributed by atoms with van der Waals surface area (Å²) < 4.78 is 0. The first kappa shape index (κ1) is 14.0. The van der Waals surface area contributed by atoms with E-state index >= 15 is 0 Å². The van der Waals surface area contributed by atoms with E-state index in [4.69, 9.17) is 9.97 Å². The average molecular weight is 256 g/mol. The first-order valence-electron chi connectivity index (χ1n) is 7.21. The van der Waals surface area contributed by atoms with E-state index in [2.05, 4.69) is 59.7 Å². The number of hydrogen-bond donors (Lipinski definition) is 0. The van der Waals surface area contributed by atoms with Gasteiger partial charge in [-0.15, -0.1) is 0 Å². The minimum Gasteiger partial charge on any atom is -0.249 e. The summed E-state index contributed by atoms with van der Waals surface area (Å²) in [5, 5.41) is 0. The summed E-state index contributed by atoms with van der Waals surface area (Å²) in [4.78, 5) is 9.71. The molecule has 2 rings (SSSR count). The van der Waals surface area contributed by atoms with Crippen molar-refractivity contribution in [2.45, 2.75) is 59.3 Å². The van der Waals surface area contributed by atoms with Crippen molar-refractivity contribution >= 4 is 11.0 Å². The van der Waals surface area contributed by atoms with Crippen LogP contribution in [-0.4, -0.2) is 9.97 Å². The summed E-state index contributed by atoms with van der Waals surface area (Å²) in [5.74, 6) is 1.36. The lowest BCUT2D eigenvalue weighted by atomic mass is 9.99. The van der Waals surface area contributed by atoms with Gasteiger partial charge in [0.15, 0.2) is 0 Å². The lowest BCUT2D eigenvalue weighted by Crippen LogP contribution is -2.06. The van der Waals surface area contributed by atoms with E-state index in [-0.39, 0.29) is 0 Å². The van der Waals surface area contributed by atoms with Crippen molar-refractivity contribution in [2.24, 2.45) is 0 Å². The molecule has 0 saturated heterocycles. The van der Waals surface area contributed by atoms with E-state index in [1.54, 1.807) is 0 Å². The zero-order chi connectivity index (χ0) is 14.2. The van der Waals surface area contributed by atoms with E-state index in [1.807, 2.05) is 0 Å². The molecule has 0 spiro atoms. The van der Waals surface area contributed by atoms with Crippen LogP contribution in [0.1, 0.15) is 76.2 Å². The predicted molar refractivity (Wildman–Crippen MR) is 81.8 cm³/mol. The standard InChI is InChI=1S/C17H24N2/c1-10(2)13-7-8-14-15(9-13)19-17(12(5)6)16(18-14)11(3)4/h7-12H,1-6H3. The Morgan fingerprint density at radius 1 is 0.684 bits per heavy atom. The van der Waals surface area contributed by atoms with Crippen molar-refractivity contribution in [3.05, 3.63) is 35.2 Å². The number of nitrogens with zero attached hydrogens (tertiary/aromatic N) is 2. The van der Waals surface area contributed by atoms with Crippen LogP contribution in [-0.2, 0) is 0 Å². The second-order valence-corrected chi connectivity index (χ2v) is 6.21. The molecule has 0 unspecified atom stereocenters. The largest absolute Gasteiger partial charge is 0.249 e.